The monoisotopic (exact) mass is 258 g/mol. The van der Waals surface area contributed by atoms with Crippen molar-refractivity contribution in [2.24, 2.45) is 7.05 Å². The topological polar surface area (TPSA) is 56.7 Å². The maximum Gasteiger partial charge on any atom is 0.225 e. The standard InChI is InChI=1S/C12H10N4OS/c1-16-10(14-15-12(16)18)8-3-2-4-9(7-8)11-13-5-6-17-11/h2-7H,1H3,(H,15,18). The van der Waals surface area contributed by atoms with Gasteiger partial charge in [-0.2, -0.15) is 0 Å². The Morgan fingerprint density at radius 2 is 2.06 bits per heavy atom. The van der Waals surface area contributed by atoms with Gasteiger partial charge in [-0.3, -0.25) is 0 Å². The summed E-state index contributed by atoms with van der Waals surface area (Å²) in [6, 6.07) is 7.79. The average molecular weight is 258 g/mol. The third-order valence-corrected chi connectivity index (χ3v) is 3.04. The predicted molar refractivity (Wildman–Crippen MR) is 69.2 cm³/mol. The summed E-state index contributed by atoms with van der Waals surface area (Å²) in [7, 11) is 1.87. The maximum absolute atomic E-state index is 5.28. The lowest BCUT2D eigenvalue weighted by Crippen LogP contribution is -1.93. The Kier molecular flexibility index (Phi) is 2.64. The molecule has 0 aliphatic rings. The summed E-state index contributed by atoms with van der Waals surface area (Å²) in [4.78, 5) is 4.12. The molecule has 0 amide bonds. The molecule has 0 fully saturated rings. The first-order valence-electron chi connectivity index (χ1n) is 5.34. The molecule has 0 atom stereocenters. The van der Waals surface area contributed by atoms with Crippen LogP contribution >= 0.6 is 12.6 Å². The third kappa shape index (κ3) is 1.80. The molecule has 2 aromatic heterocycles. The van der Waals surface area contributed by atoms with Crippen molar-refractivity contribution in [1.82, 2.24) is 19.7 Å². The highest BCUT2D eigenvalue weighted by Gasteiger charge is 2.10. The molecule has 3 rings (SSSR count). The van der Waals surface area contributed by atoms with Gasteiger partial charge in [-0.1, -0.05) is 12.1 Å². The Bertz CT molecular complexity index is 675. The quantitative estimate of drug-likeness (QED) is 0.717. The van der Waals surface area contributed by atoms with Gasteiger partial charge < -0.3 is 8.98 Å². The highest BCUT2D eigenvalue weighted by molar-refractivity contribution is 7.80. The van der Waals surface area contributed by atoms with Crippen molar-refractivity contribution in [1.29, 1.82) is 0 Å². The zero-order valence-electron chi connectivity index (χ0n) is 9.61. The number of rotatable bonds is 2. The molecule has 3 aromatic rings. The number of thiol groups is 1. The van der Waals surface area contributed by atoms with E-state index in [1.165, 1.54) is 0 Å². The zero-order valence-corrected chi connectivity index (χ0v) is 10.5. The summed E-state index contributed by atoms with van der Waals surface area (Å²) >= 11 is 4.21. The summed E-state index contributed by atoms with van der Waals surface area (Å²) in [6.45, 7) is 0. The fourth-order valence-electron chi connectivity index (χ4n) is 1.73. The second kappa shape index (κ2) is 4.30. The van der Waals surface area contributed by atoms with Gasteiger partial charge in [0.1, 0.15) is 6.26 Å². The van der Waals surface area contributed by atoms with E-state index in [0.717, 1.165) is 17.0 Å². The maximum atomic E-state index is 5.28. The van der Waals surface area contributed by atoms with Crippen LogP contribution in [0.15, 0.2) is 46.3 Å². The minimum Gasteiger partial charge on any atom is -0.445 e. The summed E-state index contributed by atoms with van der Waals surface area (Å²) in [6.07, 6.45) is 3.17. The molecule has 0 saturated carbocycles. The molecule has 90 valence electrons. The van der Waals surface area contributed by atoms with E-state index in [9.17, 15) is 0 Å². The number of nitrogens with zero attached hydrogens (tertiary/aromatic N) is 4. The van der Waals surface area contributed by atoms with E-state index in [4.69, 9.17) is 4.42 Å². The summed E-state index contributed by atoms with van der Waals surface area (Å²) in [5.41, 5.74) is 1.85. The minimum absolute atomic E-state index is 0.575. The number of hydrogen-bond donors (Lipinski definition) is 1. The van der Waals surface area contributed by atoms with E-state index in [2.05, 4.69) is 27.8 Å². The van der Waals surface area contributed by atoms with E-state index >= 15 is 0 Å². The molecule has 0 N–H and O–H groups in total. The fourth-order valence-corrected chi connectivity index (χ4v) is 1.87. The van der Waals surface area contributed by atoms with Crippen molar-refractivity contribution in [3.8, 4) is 22.8 Å². The molecule has 0 aliphatic heterocycles. The van der Waals surface area contributed by atoms with E-state index < -0.39 is 0 Å². The Labute approximate surface area is 109 Å². The van der Waals surface area contributed by atoms with E-state index in [-0.39, 0.29) is 0 Å². The fraction of sp³-hybridized carbons (Fsp3) is 0.0833. The lowest BCUT2D eigenvalue weighted by atomic mass is 10.1. The first-order chi connectivity index (χ1) is 8.75. The van der Waals surface area contributed by atoms with Crippen LogP contribution in [0.1, 0.15) is 0 Å². The van der Waals surface area contributed by atoms with Crippen molar-refractivity contribution < 1.29 is 4.42 Å². The van der Waals surface area contributed by atoms with Gasteiger partial charge in [-0.15, -0.1) is 22.8 Å². The highest BCUT2D eigenvalue weighted by atomic mass is 32.1. The van der Waals surface area contributed by atoms with Gasteiger partial charge in [0.25, 0.3) is 0 Å². The van der Waals surface area contributed by atoms with Crippen LogP contribution in [-0.4, -0.2) is 19.7 Å². The van der Waals surface area contributed by atoms with Crippen molar-refractivity contribution >= 4 is 12.6 Å². The number of aromatic nitrogens is 4. The van der Waals surface area contributed by atoms with Gasteiger partial charge in [0.2, 0.25) is 5.89 Å². The Morgan fingerprint density at radius 1 is 1.22 bits per heavy atom. The summed E-state index contributed by atoms with van der Waals surface area (Å²) in [5.74, 6) is 1.35. The molecule has 18 heavy (non-hydrogen) atoms. The van der Waals surface area contributed by atoms with Gasteiger partial charge in [-0.25, -0.2) is 4.98 Å². The molecule has 1 aromatic carbocycles. The van der Waals surface area contributed by atoms with Crippen LogP contribution in [0.4, 0.5) is 0 Å². The lowest BCUT2D eigenvalue weighted by Gasteiger charge is -2.02. The van der Waals surface area contributed by atoms with Crippen LogP contribution in [0.3, 0.4) is 0 Å². The molecular formula is C12H10N4OS. The van der Waals surface area contributed by atoms with Crippen LogP contribution in [-0.2, 0) is 7.05 Å². The van der Waals surface area contributed by atoms with Gasteiger partial charge in [0, 0.05) is 18.2 Å². The third-order valence-electron chi connectivity index (χ3n) is 2.65. The number of hydrogen-bond acceptors (Lipinski definition) is 5. The highest BCUT2D eigenvalue weighted by Crippen LogP contribution is 2.24. The van der Waals surface area contributed by atoms with Crippen LogP contribution in [0.2, 0.25) is 0 Å². The largest absolute Gasteiger partial charge is 0.445 e. The molecule has 0 bridgehead atoms. The lowest BCUT2D eigenvalue weighted by molar-refractivity contribution is 0.574. The molecule has 6 heteroatoms. The molecule has 0 aliphatic carbocycles. The number of benzene rings is 1. The molecule has 0 radical (unpaired) electrons. The van der Waals surface area contributed by atoms with E-state index in [1.54, 1.807) is 12.5 Å². The molecular weight excluding hydrogens is 248 g/mol. The van der Waals surface area contributed by atoms with Crippen molar-refractivity contribution in [2.75, 3.05) is 0 Å². The van der Waals surface area contributed by atoms with E-state index in [0.29, 0.717) is 11.0 Å². The predicted octanol–water partition coefficient (Wildman–Crippen LogP) is 2.43. The Balaban J connectivity index is 2.09. The first kappa shape index (κ1) is 11.0. The molecule has 0 saturated heterocycles. The average Bonchev–Trinajstić information content (AvgIpc) is 3.02. The Morgan fingerprint density at radius 3 is 2.72 bits per heavy atom. The van der Waals surface area contributed by atoms with E-state index in [1.807, 2.05) is 35.9 Å². The normalized spacial score (nSPS) is 10.8. The van der Waals surface area contributed by atoms with Crippen LogP contribution in [0.5, 0.6) is 0 Å². The molecule has 5 nitrogen and oxygen atoms in total. The van der Waals surface area contributed by atoms with Crippen molar-refractivity contribution in [2.45, 2.75) is 5.16 Å². The second-order valence-electron chi connectivity index (χ2n) is 3.80. The molecule has 2 heterocycles. The minimum atomic E-state index is 0.575. The first-order valence-corrected chi connectivity index (χ1v) is 5.79. The van der Waals surface area contributed by atoms with Crippen molar-refractivity contribution in [3.63, 3.8) is 0 Å². The number of oxazole rings is 1. The van der Waals surface area contributed by atoms with Crippen molar-refractivity contribution in [3.05, 3.63) is 36.7 Å². The second-order valence-corrected chi connectivity index (χ2v) is 4.20. The van der Waals surface area contributed by atoms with Gasteiger partial charge in [0.15, 0.2) is 11.0 Å². The van der Waals surface area contributed by atoms with Crippen LogP contribution < -0.4 is 0 Å². The summed E-state index contributed by atoms with van der Waals surface area (Å²) in [5, 5.41) is 8.59. The summed E-state index contributed by atoms with van der Waals surface area (Å²) < 4.78 is 7.09. The van der Waals surface area contributed by atoms with Gasteiger partial charge in [-0.05, 0) is 12.1 Å². The van der Waals surface area contributed by atoms with Crippen LogP contribution in [0, 0.1) is 0 Å². The zero-order chi connectivity index (χ0) is 12.5. The molecule has 0 unspecified atom stereocenters. The van der Waals surface area contributed by atoms with Gasteiger partial charge >= 0.3 is 0 Å². The Hall–Kier alpha value is -2.08. The van der Waals surface area contributed by atoms with Crippen LogP contribution in [0.25, 0.3) is 22.8 Å². The smallest absolute Gasteiger partial charge is 0.225 e. The van der Waals surface area contributed by atoms with Gasteiger partial charge in [0.05, 0.1) is 6.20 Å². The molecule has 0 spiro atoms. The SMILES string of the molecule is Cn1c(S)nnc1-c1cccc(-c2ncco2)c1.